The van der Waals surface area contributed by atoms with Crippen LogP contribution in [0.15, 0.2) is 48.5 Å². The average molecular weight is 344 g/mol. The molecular formula is C20H25FN2O2. The Morgan fingerprint density at radius 2 is 1.84 bits per heavy atom. The van der Waals surface area contributed by atoms with Crippen LogP contribution in [0.1, 0.15) is 12.8 Å². The summed E-state index contributed by atoms with van der Waals surface area (Å²) in [5.74, 6) is 1.20. The Kier molecular flexibility index (Phi) is 6.12. The highest BCUT2D eigenvalue weighted by atomic mass is 19.1. The van der Waals surface area contributed by atoms with E-state index in [-0.39, 0.29) is 5.82 Å². The summed E-state index contributed by atoms with van der Waals surface area (Å²) in [6, 6.07) is 14.8. The van der Waals surface area contributed by atoms with Crippen LogP contribution in [0.3, 0.4) is 0 Å². The lowest BCUT2D eigenvalue weighted by molar-refractivity contribution is 0.177. The second kappa shape index (κ2) is 8.72. The zero-order chi connectivity index (χ0) is 17.5. The topological polar surface area (TPSA) is 33.7 Å². The van der Waals surface area contributed by atoms with Crippen molar-refractivity contribution >= 4 is 5.69 Å². The zero-order valence-electron chi connectivity index (χ0n) is 14.6. The van der Waals surface area contributed by atoms with Crippen LogP contribution in [-0.4, -0.2) is 44.3 Å². The second-order valence-electron chi connectivity index (χ2n) is 6.30. The molecule has 0 bridgehead atoms. The number of nitrogens with one attached hydrogen (secondary N) is 1. The summed E-state index contributed by atoms with van der Waals surface area (Å²) in [5, 5.41) is 3.58. The Hall–Kier alpha value is -2.27. The number of hydrogen-bond donors (Lipinski definition) is 1. The van der Waals surface area contributed by atoms with Crippen molar-refractivity contribution in [1.82, 2.24) is 4.90 Å². The molecule has 0 unspecified atom stereocenters. The summed E-state index contributed by atoms with van der Waals surface area (Å²) in [4.78, 5) is 2.39. The van der Waals surface area contributed by atoms with Gasteiger partial charge in [0.2, 0.25) is 0 Å². The highest BCUT2D eigenvalue weighted by molar-refractivity contribution is 5.48. The van der Waals surface area contributed by atoms with E-state index < -0.39 is 0 Å². The molecule has 1 saturated heterocycles. The third-order valence-corrected chi connectivity index (χ3v) is 4.50. The monoisotopic (exact) mass is 344 g/mol. The summed E-state index contributed by atoms with van der Waals surface area (Å²) in [6.07, 6.45) is 2.19. The largest absolute Gasteiger partial charge is 0.497 e. The number of nitrogens with zero attached hydrogens (tertiary/aromatic N) is 1. The number of methoxy groups -OCH3 is 1. The Morgan fingerprint density at radius 3 is 2.60 bits per heavy atom. The number of benzene rings is 2. The highest BCUT2D eigenvalue weighted by Crippen LogP contribution is 2.21. The average Bonchev–Trinajstić information content (AvgIpc) is 2.63. The normalized spacial score (nSPS) is 15.8. The van der Waals surface area contributed by atoms with E-state index in [1.54, 1.807) is 19.2 Å². The van der Waals surface area contributed by atoms with E-state index in [1.165, 1.54) is 12.1 Å². The molecule has 0 radical (unpaired) electrons. The van der Waals surface area contributed by atoms with E-state index in [4.69, 9.17) is 9.47 Å². The fraction of sp³-hybridized carbons (Fsp3) is 0.400. The molecule has 0 spiro atoms. The Balaban J connectivity index is 1.38. The van der Waals surface area contributed by atoms with Crippen molar-refractivity contribution in [1.29, 1.82) is 0 Å². The quantitative estimate of drug-likeness (QED) is 0.829. The molecule has 5 heteroatoms. The Bertz CT molecular complexity index is 672. The van der Waals surface area contributed by atoms with Gasteiger partial charge in [0.1, 0.15) is 23.9 Å². The predicted molar refractivity (Wildman–Crippen MR) is 98.0 cm³/mol. The van der Waals surface area contributed by atoms with Gasteiger partial charge in [-0.25, -0.2) is 4.39 Å². The molecule has 25 heavy (non-hydrogen) atoms. The van der Waals surface area contributed by atoms with Gasteiger partial charge in [0.05, 0.1) is 7.11 Å². The number of hydrogen-bond acceptors (Lipinski definition) is 4. The molecule has 1 aliphatic heterocycles. The van der Waals surface area contributed by atoms with E-state index in [2.05, 4.69) is 16.3 Å². The van der Waals surface area contributed by atoms with Gasteiger partial charge in [-0.2, -0.15) is 0 Å². The molecule has 3 rings (SSSR count). The molecule has 1 heterocycles. The molecule has 0 amide bonds. The predicted octanol–water partition coefficient (Wildman–Crippen LogP) is 3.79. The molecule has 0 aliphatic carbocycles. The van der Waals surface area contributed by atoms with Gasteiger partial charge in [0.15, 0.2) is 0 Å². The van der Waals surface area contributed by atoms with E-state index in [0.717, 1.165) is 43.9 Å². The number of ether oxygens (including phenoxy) is 2. The second-order valence-corrected chi connectivity index (χ2v) is 6.30. The maximum atomic E-state index is 13.1. The summed E-state index contributed by atoms with van der Waals surface area (Å²) < 4.78 is 24.0. The molecule has 0 aromatic heterocycles. The van der Waals surface area contributed by atoms with Crippen molar-refractivity contribution in [3.63, 3.8) is 0 Å². The van der Waals surface area contributed by atoms with Crippen LogP contribution < -0.4 is 14.8 Å². The van der Waals surface area contributed by atoms with Crippen LogP contribution in [0.5, 0.6) is 11.5 Å². The van der Waals surface area contributed by atoms with Gasteiger partial charge in [-0.05, 0) is 37.1 Å². The van der Waals surface area contributed by atoms with Crippen molar-refractivity contribution < 1.29 is 13.9 Å². The molecule has 1 aliphatic rings. The van der Waals surface area contributed by atoms with Gasteiger partial charge in [-0.1, -0.05) is 12.1 Å². The van der Waals surface area contributed by atoms with Gasteiger partial charge in [-0.15, -0.1) is 0 Å². The lowest BCUT2D eigenvalue weighted by Crippen LogP contribution is -2.40. The van der Waals surface area contributed by atoms with E-state index in [0.29, 0.717) is 18.4 Å². The number of anilines is 1. The van der Waals surface area contributed by atoms with Gasteiger partial charge in [0.25, 0.3) is 0 Å². The smallest absolute Gasteiger partial charge is 0.126 e. The maximum absolute atomic E-state index is 13.1. The van der Waals surface area contributed by atoms with E-state index in [9.17, 15) is 4.39 Å². The fourth-order valence-electron chi connectivity index (χ4n) is 3.10. The van der Waals surface area contributed by atoms with Crippen molar-refractivity contribution in [2.75, 3.05) is 38.7 Å². The SMILES string of the molecule is COc1cccc(NC2CCN(CCOc3cccc(F)c3)CC2)c1. The Labute approximate surface area is 148 Å². The van der Waals surface area contributed by atoms with E-state index >= 15 is 0 Å². The first-order chi connectivity index (χ1) is 12.2. The standard InChI is InChI=1S/C20H25FN2O2/c1-24-19-6-3-5-18(15-19)22-17-8-10-23(11-9-17)12-13-25-20-7-2-4-16(21)14-20/h2-7,14-15,17,22H,8-13H2,1H3. The third-order valence-electron chi connectivity index (χ3n) is 4.50. The van der Waals surface area contributed by atoms with Crippen molar-refractivity contribution in [2.24, 2.45) is 0 Å². The minimum Gasteiger partial charge on any atom is -0.497 e. The summed E-state index contributed by atoms with van der Waals surface area (Å²) >= 11 is 0. The summed E-state index contributed by atoms with van der Waals surface area (Å²) in [7, 11) is 1.68. The number of rotatable bonds is 7. The van der Waals surface area contributed by atoms with Crippen LogP contribution in [0.25, 0.3) is 0 Å². The molecule has 2 aromatic carbocycles. The highest BCUT2D eigenvalue weighted by Gasteiger charge is 2.19. The summed E-state index contributed by atoms with van der Waals surface area (Å²) in [6.45, 7) is 3.52. The molecular weight excluding hydrogens is 319 g/mol. The van der Waals surface area contributed by atoms with Gasteiger partial charge >= 0.3 is 0 Å². The number of piperidine rings is 1. The van der Waals surface area contributed by atoms with E-state index in [1.807, 2.05) is 18.2 Å². The molecule has 0 atom stereocenters. The molecule has 2 aromatic rings. The van der Waals surface area contributed by atoms with Crippen LogP contribution in [0, 0.1) is 5.82 Å². The molecule has 0 saturated carbocycles. The first-order valence-electron chi connectivity index (χ1n) is 8.74. The first-order valence-corrected chi connectivity index (χ1v) is 8.74. The Morgan fingerprint density at radius 1 is 1.08 bits per heavy atom. The minimum atomic E-state index is -0.262. The molecule has 1 N–H and O–H groups in total. The van der Waals surface area contributed by atoms with Crippen molar-refractivity contribution in [2.45, 2.75) is 18.9 Å². The maximum Gasteiger partial charge on any atom is 0.126 e. The molecule has 4 nitrogen and oxygen atoms in total. The molecule has 134 valence electrons. The zero-order valence-corrected chi connectivity index (χ0v) is 14.6. The summed E-state index contributed by atoms with van der Waals surface area (Å²) in [5.41, 5.74) is 1.10. The van der Waals surface area contributed by atoms with Crippen molar-refractivity contribution in [3.8, 4) is 11.5 Å². The van der Waals surface area contributed by atoms with Crippen LogP contribution in [0.2, 0.25) is 0 Å². The van der Waals surface area contributed by atoms with Crippen LogP contribution >= 0.6 is 0 Å². The van der Waals surface area contributed by atoms with Crippen LogP contribution in [0.4, 0.5) is 10.1 Å². The van der Waals surface area contributed by atoms with Gasteiger partial charge < -0.3 is 14.8 Å². The van der Waals surface area contributed by atoms with Gasteiger partial charge in [-0.3, -0.25) is 4.90 Å². The number of likely N-dealkylation sites (tertiary alicyclic amines) is 1. The first kappa shape index (κ1) is 17.5. The number of halogens is 1. The van der Waals surface area contributed by atoms with Gasteiger partial charge in [0, 0.05) is 43.5 Å². The lowest BCUT2D eigenvalue weighted by Gasteiger charge is -2.32. The van der Waals surface area contributed by atoms with Crippen LogP contribution in [-0.2, 0) is 0 Å². The molecule has 1 fully saturated rings. The van der Waals surface area contributed by atoms with Crippen molar-refractivity contribution in [3.05, 3.63) is 54.3 Å². The lowest BCUT2D eigenvalue weighted by atomic mass is 10.0. The minimum absolute atomic E-state index is 0.262. The third kappa shape index (κ3) is 5.36. The fourth-order valence-corrected chi connectivity index (χ4v) is 3.10.